The molecule has 2 aromatic rings. The Hall–Kier alpha value is -3.54. The maximum Gasteiger partial charge on any atom is 0.292 e. The van der Waals surface area contributed by atoms with E-state index in [-0.39, 0.29) is 17.5 Å². The van der Waals surface area contributed by atoms with Crippen LogP contribution >= 0.6 is 0 Å². The number of aromatic nitrogens is 2. The van der Waals surface area contributed by atoms with Gasteiger partial charge in [0, 0.05) is 55.8 Å². The van der Waals surface area contributed by atoms with E-state index < -0.39 is 11.8 Å². The van der Waals surface area contributed by atoms with Crippen LogP contribution in [0, 0.1) is 11.3 Å². The van der Waals surface area contributed by atoms with Crippen LogP contribution in [0.25, 0.3) is 0 Å². The number of pyridine rings is 2. The molecule has 2 heterocycles. The van der Waals surface area contributed by atoms with Gasteiger partial charge in [-0.25, -0.2) is 9.97 Å². The summed E-state index contributed by atoms with van der Waals surface area (Å²) in [4.78, 5) is 24.2. The molecular formula is C23H27F2N5O2. The topological polar surface area (TPSA) is 82.4 Å². The molecule has 1 unspecified atom stereocenters. The highest BCUT2D eigenvalue weighted by atomic mass is 19.3. The molecule has 0 aromatic carbocycles. The van der Waals surface area contributed by atoms with Crippen LogP contribution in [0.3, 0.4) is 0 Å². The second kappa shape index (κ2) is 11.2. The standard InChI is InChI=1S/C23H27F2N5O2/c1-5-29(16-17(3)30(6-2)20-8-7-18(14-26)15-28-20)22(31)9-11-23(24,25)19-10-12-27-21(13-19)32-4/h7-13,15,17H,5-6,16H2,1-4H3/b11-9+. The lowest BCUT2D eigenvalue weighted by Crippen LogP contribution is -2.44. The summed E-state index contributed by atoms with van der Waals surface area (Å²) in [5, 5.41) is 8.94. The van der Waals surface area contributed by atoms with E-state index in [1.807, 2.05) is 24.8 Å². The highest BCUT2D eigenvalue weighted by molar-refractivity contribution is 5.87. The van der Waals surface area contributed by atoms with Crippen LogP contribution in [0.4, 0.5) is 14.6 Å². The Balaban J connectivity index is 2.10. The summed E-state index contributed by atoms with van der Waals surface area (Å²) in [5.74, 6) is -3.11. The van der Waals surface area contributed by atoms with Crippen molar-refractivity contribution in [1.29, 1.82) is 5.26 Å². The van der Waals surface area contributed by atoms with Crippen molar-refractivity contribution in [3.8, 4) is 11.9 Å². The second-order valence-corrected chi connectivity index (χ2v) is 7.07. The first-order chi connectivity index (χ1) is 15.2. The second-order valence-electron chi connectivity index (χ2n) is 7.07. The Morgan fingerprint density at radius 3 is 2.59 bits per heavy atom. The van der Waals surface area contributed by atoms with E-state index in [0.717, 1.165) is 12.1 Å². The Bertz CT molecular complexity index is 973. The van der Waals surface area contributed by atoms with Crippen molar-refractivity contribution in [3.05, 3.63) is 59.9 Å². The average molecular weight is 443 g/mol. The number of carbonyl (C=O) groups is 1. The first kappa shape index (κ1) is 24.7. The third-order valence-corrected chi connectivity index (χ3v) is 4.99. The Morgan fingerprint density at radius 1 is 1.28 bits per heavy atom. The molecule has 2 aromatic heterocycles. The highest BCUT2D eigenvalue weighted by Crippen LogP contribution is 2.30. The van der Waals surface area contributed by atoms with E-state index >= 15 is 0 Å². The molecule has 0 saturated heterocycles. The third-order valence-electron chi connectivity index (χ3n) is 4.99. The molecule has 1 atom stereocenters. The van der Waals surface area contributed by atoms with Crippen molar-refractivity contribution in [2.75, 3.05) is 31.6 Å². The lowest BCUT2D eigenvalue weighted by molar-refractivity contribution is -0.126. The number of alkyl halides is 2. The number of methoxy groups -OCH3 is 1. The van der Waals surface area contributed by atoms with Gasteiger partial charge in [-0.05, 0) is 45.0 Å². The van der Waals surface area contributed by atoms with Gasteiger partial charge in [-0.15, -0.1) is 0 Å². The number of nitriles is 1. The normalized spacial score (nSPS) is 12.3. The van der Waals surface area contributed by atoms with Crippen molar-refractivity contribution in [3.63, 3.8) is 0 Å². The molecule has 0 bridgehead atoms. The summed E-state index contributed by atoms with van der Waals surface area (Å²) >= 11 is 0. The van der Waals surface area contributed by atoms with Gasteiger partial charge in [0.05, 0.1) is 12.7 Å². The molecule has 9 heteroatoms. The fourth-order valence-electron chi connectivity index (χ4n) is 3.22. The molecule has 0 radical (unpaired) electrons. The minimum absolute atomic E-state index is 0.0713. The largest absolute Gasteiger partial charge is 0.481 e. The van der Waals surface area contributed by atoms with E-state index in [2.05, 4.69) is 9.97 Å². The number of hydrogen-bond acceptors (Lipinski definition) is 6. The molecule has 0 aliphatic heterocycles. The number of anilines is 1. The van der Waals surface area contributed by atoms with Gasteiger partial charge in [-0.1, -0.05) is 0 Å². The molecule has 1 amide bonds. The average Bonchev–Trinajstić information content (AvgIpc) is 2.82. The van der Waals surface area contributed by atoms with Crippen LogP contribution in [-0.4, -0.2) is 53.6 Å². The van der Waals surface area contributed by atoms with E-state index in [1.165, 1.54) is 30.5 Å². The Morgan fingerprint density at radius 2 is 2.03 bits per heavy atom. The molecule has 0 saturated carbocycles. The van der Waals surface area contributed by atoms with Crippen LogP contribution in [0.15, 0.2) is 48.8 Å². The van der Waals surface area contributed by atoms with Gasteiger partial charge >= 0.3 is 0 Å². The van der Waals surface area contributed by atoms with E-state index in [0.29, 0.717) is 37.1 Å². The van der Waals surface area contributed by atoms with Crippen molar-refractivity contribution in [1.82, 2.24) is 14.9 Å². The van der Waals surface area contributed by atoms with E-state index in [9.17, 15) is 13.6 Å². The smallest absolute Gasteiger partial charge is 0.292 e. The maximum atomic E-state index is 14.5. The fourth-order valence-corrected chi connectivity index (χ4v) is 3.22. The summed E-state index contributed by atoms with van der Waals surface area (Å²) in [5.41, 5.74) is 0.148. The fraction of sp³-hybridized carbons (Fsp3) is 0.391. The number of allylic oxidation sites excluding steroid dienone is 1. The maximum absolute atomic E-state index is 14.5. The number of amides is 1. The molecule has 32 heavy (non-hydrogen) atoms. The zero-order chi connectivity index (χ0) is 23.7. The molecule has 7 nitrogen and oxygen atoms in total. The van der Waals surface area contributed by atoms with Crippen molar-refractivity contribution < 1.29 is 18.3 Å². The number of carbonyl (C=O) groups excluding carboxylic acids is 1. The van der Waals surface area contributed by atoms with Crippen LogP contribution in [0.2, 0.25) is 0 Å². The minimum atomic E-state index is -3.35. The van der Waals surface area contributed by atoms with Gasteiger partial charge in [0.25, 0.3) is 5.92 Å². The summed E-state index contributed by atoms with van der Waals surface area (Å²) in [6, 6.07) is 7.65. The molecule has 2 rings (SSSR count). The van der Waals surface area contributed by atoms with Gasteiger partial charge in [-0.2, -0.15) is 14.0 Å². The molecule has 0 aliphatic rings. The first-order valence-electron chi connectivity index (χ1n) is 10.2. The predicted molar refractivity (Wildman–Crippen MR) is 118 cm³/mol. The number of halogens is 2. The lowest BCUT2D eigenvalue weighted by atomic mass is 10.1. The minimum Gasteiger partial charge on any atom is -0.481 e. The van der Waals surface area contributed by atoms with Gasteiger partial charge in [0.1, 0.15) is 11.9 Å². The lowest BCUT2D eigenvalue weighted by Gasteiger charge is -2.33. The van der Waals surface area contributed by atoms with Crippen LogP contribution < -0.4 is 9.64 Å². The van der Waals surface area contributed by atoms with Gasteiger partial charge in [0.15, 0.2) is 0 Å². The number of ether oxygens (including phenoxy) is 1. The summed E-state index contributed by atoms with van der Waals surface area (Å²) in [6.07, 6.45) is 4.22. The Labute approximate surface area is 187 Å². The molecule has 170 valence electrons. The summed E-state index contributed by atoms with van der Waals surface area (Å²) in [7, 11) is 1.34. The summed E-state index contributed by atoms with van der Waals surface area (Å²) in [6.45, 7) is 6.99. The van der Waals surface area contributed by atoms with Crippen LogP contribution in [0.5, 0.6) is 5.88 Å². The number of hydrogen-bond donors (Lipinski definition) is 0. The first-order valence-corrected chi connectivity index (χ1v) is 10.2. The van der Waals surface area contributed by atoms with Crippen molar-refractivity contribution in [2.45, 2.75) is 32.7 Å². The molecule has 0 fully saturated rings. The molecule has 0 spiro atoms. The van der Waals surface area contributed by atoms with Crippen molar-refractivity contribution in [2.24, 2.45) is 0 Å². The number of likely N-dealkylation sites (N-methyl/N-ethyl adjacent to an activating group) is 2. The zero-order valence-corrected chi connectivity index (χ0v) is 18.6. The summed E-state index contributed by atoms with van der Waals surface area (Å²) < 4.78 is 34.0. The molecule has 0 N–H and O–H groups in total. The van der Waals surface area contributed by atoms with Crippen LogP contribution in [-0.2, 0) is 10.7 Å². The van der Waals surface area contributed by atoms with Crippen LogP contribution in [0.1, 0.15) is 31.9 Å². The quantitative estimate of drug-likeness (QED) is 0.520. The Kier molecular flexibility index (Phi) is 8.64. The number of nitrogens with zero attached hydrogens (tertiary/aromatic N) is 5. The molecular weight excluding hydrogens is 416 g/mol. The highest BCUT2D eigenvalue weighted by Gasteiger charge is 2.29. The van der Waals surface area contributed by atoms with E-state index in [4.69, 9.17) is 10.00 Å². The van der Waals surface area contributed by atoms with Gasteiger partial charge in [0.2, 0.25) is 11.8 Å². The third kappa shape index (κ3) is 6.23. The molecule has 0 aliphatic carbocycles. The van der Waals surface area contributed by atoms with E-state index in [1.54, 1.807) is 19.1 Å². The van der Waals surface area contributed by atoms with Gasteiger partial charge < -0.3 is 14.5 Å². The van der Waals surface area contributed by atoms with Gasteiger partial charge in [-0.3, -0.25) is 4.79 Å². The SMILES string of the molecule is CCN(CC(C)N(CC)c1ccc(C#N)cn1)C(=O)/C=C/C(F)(F)c1ccnc(OC)c1. The predicted octanol–water partition coefficient (Wildman–Crippen LogP) is 3.77. The zero-order valence-electron chi connectivity index (χ0n) is 18.6. The van der Waals surface area contributed by atoms with Crippen molar-refractivity contribution >= 4 is 11.7 Å². The number of rotatable bonds is 10. The monoisotopic (exact) mass is 443 g/mol.